The molecule has 0 aliphatic heterocycles. The summed E-state index contributed by atoms with van der Waals surface area (Å²) in [5.41, 5.74) is 2.50. The molecule has 3 rings (SSSR count). The van der Waals surface area contributed by atoms with Crippen LogP contribution in [0, 0.1) is 6.92 Å². The number of para-hydroxylation sites is 1. The minimum Gasteiger partial charge on any atom is -0.324 e. The first-order valence-electron chi connectivity index (χ1n) is 8.00. The van der Waals surface area contributed by atoms with Crippen LogP contribution in [0.15, 0.2) is 46.8 Å². The van der Waals surface area contributed by atoms with Crippen molar-refractivity contribution in [1.82, 2.24) is 4.98 Å². The van der Waals surface area contributed by atoms with Crippen molar-refractivity contribution in [2.24, 2.45) is 0 Å². The van der Waals surface area contributed by atoms with E-state index in [0.29, 0.717) is 27.2 Å². The van der Waals surface area contributed by atoms with Crippen LogP contribution >= 0.6 is 57.9 Å². The van der Waals surface area contributed by atoms with Gasteiger partial charge >= 0.3 is 0 Å². The molecule has 8 heteroatoms. The Morgan fingerprint density at radius 3 is 2.70 bits per heavy atom. The molecule has 0 bridgehead atoms. The Bertz CT molecular complexity index is 975. The molecular weight excluding hydrogens is 443 g/mol. The molecule has 3 nitrogen and oxygen atoms in total. The number of amides is 1. The van der Waals surface area contributed by atoms with Gasteiger partial charge in [-0.25, -0.2) is 4.98 Å². The van der Waals surface area contributed by atoms with E-state index >= 15 is 0 Å². The van der Waals surface area contributed by atoms with Crippen molar-refractivity contribution in [3.05, 3.63) is 73.7 Å². The van der Waals surface area contributed by atoms with E-state index in [2.05, 4.69) is 10.3 Å². The lowest BCUT2D eigenvalue weighted by atomic mass is 10.1. The molecule has 27 heavy (non-hydrogen) atoms. The van der Waals surface area contributed by atoms with Crippen molar-refractivity contribution in [3.63, 3.8) is 0 Å². The monoisotopic (exact) mass is 456 g/mol. The van der Waals surface area contributed by atoms with Crippen LogP contribution in [0.5, 0.6) is 0 Å². The first-order chi connectivity index (χ1) is 12.9. The van der Waals surface area contributed by atoms with E-state index in [1.807, 2.05) is 25.1 Å². The number of carbonyl (C=O) groups is 1. The number of hydrogen-bond donors (Lipinski definition) is 1. The Labute approximate surface area is 181 Å². The van der Waals surface area contributed by atoms with Crippen LogP contribution in [0.4, 0.5) is 5.69 Å². The third kappa shape index (κ3) is 5.62. The lowest BCUT2D eigenvalue weighted by Gasteiger charge is -2.05. The van der Waals surface area contributed by atoms with Crippen LogP contribution in [-0.2, 0) is 11.2 Å². The summed E-state index contributed by atoms with van der Waals surface area (Å²) in [6.07, 6.45) is 0.662. The average molecular weight is 458 g/mol. The molecular formula is C19H15Cl3N2OS2. The van der Waals surface area contributed by atoms with E-state index in [1.54, 1.807) is 35.6 Å². The number of benzene rings is 2. The molecule has 1 aromatic heterocycles. The summed E-state index contributed by atoms with van der Waals surface area (Å²) in [5.74, 6) is 0.135. The molecule has 1 heterocycles. The predicted octanol–water partition coefficient (Wildman–Crippen LogP) is 6.73. The number of halogens is 3. The Morgan fingerprint density at radius 2 is 1.93 bits per heavy atom. The van der Waals surface area contributed by atoms with E-state index in [9.17, 15) is 4.79 Å². The molecule has 0 fully saturated rings. The summed E-state index contributed by atoms with van der Waals surface area (Å²) in [5, 5.41) is 4.66. The number of rotatable bonds is 6. The van der Waals surface area contributed by atoms with Gasteiger partial charge in [0.1, 0.15) is 0 Å². The number of aromatic nitrogens is 1. The SMILES string of the molecule is Cc1nc(SCC(=O)Nc2ccccc2Cl)sc1Cc1cc(Cl)ccc1Cl. The largest absolute Gasteiger partial charge is 0.324 e. The van der Waals surface area contributed by atoms with Crippen molar-refractivity contribution in [2.45, 2.75) is 17.7 Å². The summed E-state index contributed by atoms with van der Waals surface area (Å²) in [6.45, 7) is 1.96. The maximum atomic E-state index is 12.2. The van der Waals surface area contributed by atoms with Gasteiger partial charge in [-0.2, -0.15) is 0 Å². The van der Waals surface area contributed by atoms with Crippen molar-refractivity contribution in [3.8, 4) is 0 Å². The molecule has 0 spiro atoms. The fourth-order valence-electron chi connectivity index (χ4n) is 2.35. The molecule has 0 radical (unpaired) electrons. The summed E-state index contributed by atoms with van der Waals surface area (Å²) in [4.78, 5) is 17.8. The van der Waals surface area contributed by atoms with Crippen LogP contribution in [-0.4, -0.2) is 16.6 Å². The molecule has 0 unspecified atom stereocenters. The summed E-state index contributed by atoms with van der Waals surface area (Å²) < 4.78 is 0.843. The van der Waals surface area contributed by atoms with Crippen LogP contribution < -0.4 is 5.32 Å². The standard InChI is InChI=1S/C19H15Cl3N2OS2/c1-11-17(9-12-8-13(20)6-7-14(12)21)27-19(23-11)26-10-18(25)24-16-5-3-2-4-15(16)22/h2-8H,9-10H2,1H3,(H,24,25). The fraction of sp³-hybridized carbons (Fsp3) is 0.158. The maximum absolute atomic E-state index is 12.2. The molecule has 1 N–H and O–H groups in total. The molecule has 2 aromatic carbocycles. The molecule has 0 aliphatic carbocycles. The van der Waals surface area contributed by atoms with Crippen LogP contribution in [0.1, 0.15) is 16.1 Å². The van der Waals surface area contributed by atoms with Crippen molar-refractivity contribution in [1.29, 1.82) is 0 Å². The smallest absolute Gasteiger partial charge is 0.234 e. The highest BCUT2D eigenvalue weighted by atomic mass is 35.5. The number of thioether (sulfide) groups is 1. The summed E-state index contributed by atoms with van der Waals surface area (Å²) >= 11 is 21.3. The number of anilines is 1. The average Bonchev–Trinajstić information content (AvgIpc) is 2.98. The van der Waals surface area contributed by atoms with E-state index < -0.39 is 0 Å². The van der Waals surface area contributed by atoms with Gasteiger partial charge in [-0.1, -0.05) is 58.7 Å². The topological polar surface area (TPSA) is 42.0 Å². The molecule has 0 saturated heterocycles. The van der Waals surface area contributed by atoms with Crippen LogP contribution in [0.3, 0.4) is 0 Å². The van der Waals surface area contributed by atoms with Gasteiger partial charge in [0.15, 0.2) is 4.34 Å². The second-order valence-electron chi connectivity index (χ2n) is 5.72. The molecule has 1 amide bonds. The zero-order chi connectivity index (χ0) is 19.4. The van der Waals surface area contributed by atoms with Crippen molar-refractivity contribution >= 4 is 69.5 Å². The summed E-state index contributed by atoms with van der Waals surface area (Å²) in [7, 11) is 0. The zero-order valence-corrected chi connectivity index (χ0v) is 18.2. The normalized spacial score (nSPS) is 10.8. The lowest BCUT2D eigenvalue weighted by molar-refractivity contribution is -0.113. The molecule has 0 aliphatic rings. The minimum atomic E-state index is -0.125. The van der Waals surface area contributed by atoms with Crippen molar-refractivity contribution < 1.29 is 4.79 Å². The first-order valence-corrected chi connectivity index (χ1v) is 10.9. The lowest BCUT2D eigenvalue weighted by Crippen LogP contribution is -2.14. The van der Waals surface area contributed by atoms with Crippen LogP contribution in [0.25, 0.3) is 0 Å². The van der Waals surface area contributed by atoms with Gasteiger partial charge in [0.25, 0.3) is 0 Å². The summed E-state index contributed by atoms with van der Waals surface area (Å²) in [6, 6.07) is 12.6. The van der Waals surface area contributed by atoms with Gasteiger partial charge in [-0.3, -0.25) is 4.79 Å². The third-order valence-electron chi connectivity index (χ3n) is 3.71. The van der Waals surface area contributed by atoms with E-state index in [1.165, 1.54) is 11.8 Å². The Hall–Kier alpha value is -1.24. The van der Waals surface area contributed by atoms with Crippen molar-refractivity contribution in [2.75, 3.05) is 11.1 Å². The minimum absolute atomic E-state index is 0.125. The van der Waals surface area contributed by atoms with Gasteiger partial charge in [-0.05, 0) is 42.8 Å². The van der Waals surface area contributed by atoms with Gasteiger partial charge in [0.2, 0.25) is 5.91 Å². The zero-order valence-electron chi connectivity index (χ0n) is 14.3. The number of hydrogen-bond acceptors (Lipinski definition) is 4. The number of carbonyl (C=O) groups excluding carboxylic acids is 1. The predicted molar refractivity (Wildman–Crippen MR) is 117 cm³/mol. The Kier molecular flexibility index (Phi) is 7.06. The first kappa shape index (κ1) is 20.5. The quantitative estimate of drug-likeness (QED) is 0.417. The van der Waals surface area contributed by atoms with Gasteiger partial charge in [0.05, 0.1) is 22.2 Å². The fourth-order valence-corrected chi connectivity index (χ4v) is 4.97. The number of nitrogens with one attached hydrogen (secondary N) is 1. The highest BCUT2D eigenvalue weighted by molar-refractivity contribution is 8.01. The van der Waals surface area contributed by atoms with Gasteiger partial charge in [0, 0.05) is 21.3 Å². The Morgan fingerprint density at radius 1 is 1.15 bits per heavy atom. The molecule has 3 aromatic rings. The third-order valence-corrected chi connectivity index (χ3v) is 6.94. The van der Waals surface area contributed by atoms with E-state index in [0.717, 1.165) is 20.5 Å². The van der Waals surface area contributed by atoms with E-state index in [4.69, 9.17) is 34.8 Å². The second kappa shape index (κ2) is 9.30. The second-order valence-corrected chi connectivity index (χ2v) is 9.27. The number of thiazole rings is 1. The molecule has 0 saturated carbocycles. The van der Waals surface area contributed by atoms with Crippen LogP contribution in [0.2, 0.25) is 15.1 Å². The maximum Gasteiger partial charge on any atom is 0.234 e. The van der Waals surface area contributed by atoms with Gasteiger partial charge in [-0.15, -0.1) is 11.3 Å². The number of aryl methyl sites for hydroxylation is 1. The molecule has 0 atom stereocenters. The molecule has 140 valence electrons. The highest BCUT2D eigenvalue weighted by Crippen LogP contribution is 2.31. The number of nitrogens with zero attached hydrogens (tertiary/aromatic N) is 1. The highest BCUT2D eigenvalue weighted by Gasteiger charge is 2.13. The van der Waals surface area contributed by atoms with Gasteiger partial charge < -0.3 is 5.32 Å². The van der Waals surface area contributed by atoms with E-state index in [-0.39, 0.29) is 11.7 Å². The Balaban J connectivity index is 1.62.